The molecular formula is C16H26O4. The monoisotopic (exact) mass is 282 g/mol. The lowest BCUT2D eigenvalue weighted by Gasteiger charge is -2.18. The molecule has 1 unspecified atom stereocenters. The minimum absolute atomic E-state index is 0.228. The highest BCUT2D eigenvalue weighted by molar-refractivity contribution is 5.13. The van der Waals surface area contributed by atoms with Crippen LogP contribution in [0.3, 0.4) is 0 Å². The lowest BCUT2D eigenvalue weighted by atomic mass is 10.2. The highest BCUT2D eigenvalue weighted by Gasteiger charge is 2.12. The van der Waals surface area contributed by atoms with Gasteiger partial charge >= 0.3 is 0 Å². The van der Waals surface area contributed by atoms with Crippen molar-refractivity contribution in [2.45, 2.75) is 45.7 Å². The number of hydrogen-bond acceptors (Lipinski definition) is 4. The number of rotatable bonds is 11. The molecule has 4 nitrogen and oxygen atoms in total. The summed E-state index contributed by atoms with van der Waals surface area (Å²) in [6.45, 7) is 5.96. The lowest BCUT2D eigenvalue weighted by Crippen LogP contribution is -2.22. The third-order valence-electron chi connectivity index (χ3n) is 2.86. The van der Waals surface area contributed by atoms with Gasteiger partial charge in [-0.05, 0) is 25.8 Å². The molecule has 1 aromatic rings. The molecule has 0 saturated carbocycles. The quantitative estimate of drug-likeness (QED) is 0.634. The molecule has 1 rings (SSSR count). The molecule has 0 saturated heterocycles. The molecule has 4 heteroatoms. The molecular weight excluding hydrogens is 256 g/mol. The first-order chi connectivity index (χ1) is 9.76. The summed E-state index contributed by atoms with van der Waals surface area (Å²) < 4.78 is 16.4. The molecule has 20 heavy (non-hydrogen) atoms. The first-order valence-corrected chi connectivity index (χ1v) is 7.29. The Morgan fingerprint density at radius 1 is 1.00 bits per heavy atom. The maximum atomic E-state index is 9.88. The molecule has 0 bridgehead atoms. The van der Waals surface area contributed by atoms with Gasteiger partial charge in [0.15, 0.2) is 6.29 Å². The minimum Gasteiger partial charge on any atom is -0.391 e. The zero-order valence-electron chi connectivity index (χ0n) is 12.5. The van der Waals surface area contributed by atoms with Gasteiger partial charge in [-0.2, -0.15) is 0 Å². The van der Waals surface area contributed by atoms with Crippen LogP contribution in [0.5, 0.6) is 0 Å². The number of hydrogen-bond donors (Lipinski definition) is 1. The lowest BCUT2D eigenvalue weighted by molar-refractivity contribution is -0.144. The normalized spacial score (nSPS) is 12.8. The van der Waals surface area contributed by atoms with Gasteiger partial charge in [0, 0.05) is 19.6 Å². The van der Waals surface area contributed by atoms with Crippen LogP contribution in [0.15, 0.2) is 30.3 Å². The van der Waals surface area contributed by atoms with Gasteiger partial charge < -0.3 is 19.3 Å². The Morgan fingerprint density at radius 3 is 2.25 bits per heavy atom. The fourth-order valence-corrected chi connectivity index (χ4v) is 1.89. The zero-order valence-corrected chi connectivity index (χ0v) is 12.5. The fraction of sp³-hybridized carbons (Fsp3) is 0.625. The molecule has 1 N–H and O–H groups in total. The van der Waals surface area contributed by atoms with Crippen molar-refractivity contribution in [1.29, 1.82) is 0 Å². The van der Waals surface area contributed by atoms with E-state index in [1.54, 1.807) is 0 Å². The molecule has 114 valence electrons. The predicted molar refractivity (Wildman–Crippen MR) is 78.4 cm³/mol. The number of benzene rings is 1. The van der Waals surface area contributed by atoms with Crippen LogP contribution in [0, 0.1) is 0 Å². The average Bonchev–Trinajstić information content (AvgIpc) is 2.46. The van der Waals surface area contributed by atoms with Crippen LogP contribution in [0.2, 0.25) is 0 Å². The van der Waals surface area contributed by atoms with E-state index in [-0.39, 0.29) is 6.29 Å². The van der Waals surface area contributed by atoms with Gasteiger partial charge in [0.1, 0.15) is 0 Å². The highest BCUT2D eigenvalue weighted by atomic mass is 16.7. The molecule has 0 heterocycles. The van der Waals surface area contributed by atoms with Gasteiger partial charge in [0.2, 0.25) is 0 Å². The Labute approximate surface area is 121 Å². The molecule has 0 fully saturated rings. The van der Waals surface area contributed by atoms with Crippen molar-refractivity contribution < 1.29 is 19.3 Å². The standard InChI is InChI=1S/C16H26O4/c1-3-19-16(20-4-2)11-10-15(17)13-18-12-14-8-6-5-7-9-14/h5-9,15-17H,3-4,10-13H2,1-2H3. The third kappa shape index (κ3) is 7.60. The maximum Gasteiger partial charge on any atom is 0.157 e. The van der Waals surface area contributed by atoms with Gasteiger partial charge in [-0.25, -0.2) is 0 Å². The van der Waals surface area contributed by atoms with Crippen molar-refractivity contribution in [1.82, 2.24) is 0 Å². The smallest absolute Gasteiger partial charge is 0.157 e. The predicted octanol–water partition coefficient (Wildman–Crippen LogP) is 2.74. The van der Waals surface area contributed by atoms with E-state index < -0.39 is 6.10 Å². The van der Waals surface area contributed by atoms with Crippen LogP contribution >= 0.6 is 0 Å². The SMILES string of the molecule is CCOC(CCC(O)COCc1ccccc1)OCC. The second-order valence-corrected chi connectivity index (χ2v) is 4.57. The van der Waals surface area contributed by atoms with Crippen LogP contribution in [0.1, 0.15) is 32.3 Å². The molecule has 0 aromatic heterocycles. The molecule has 1 aromatic carbocycles. The topological polar surface area (TPSA) is 47.9 Å². The van der Waals surface area contributed by atoms with Crippen LogP contribution in [0.4, 0.5) is 0 Å². The Kier molecular flexibility index (Phi) is 9.24. The number of aliphatic hydroxyl groups is 1. The Morgan fingerprint density at radius 2 is 1.65 bits per heavy atom. The molecule has 0 amide bonds. The van der Waals surface area contributed by atoms with Crippen LogP contribution in [-0.2, 0) is 20.8 Å². The summed E-state index contributed by atoms with van der Waals surface area (Å²) >= 11 is 0. The van der Waals surface area contributed by atoms with Crippen molar-refractivity contribution >= 4 is 0 Å². The fourth-order valence-electron chi connectivity index (χ4n) is 1.89. The average molecular weight is 282 g/mol. The van der Waals surface area contributed by atoms with Crippen LogP contribution < -0.4 is 0 Å². The van der Waals surface area contributed by atoms with Crippen molar-refractivity contribution in [3.8, 4) is 0 Å². The van der Waals surface area contributed by atoms with Gasteiger partial charge in [-0.15, -0.1) is 0 Å². The molecule has 0 aliphatic rings. The van der Waals surface area contributed by atoms with Crippen molar-refractivity contribution in [2.75, 3.05) is 19.8 Å². The van der Waals surface area contributed by atoms with Crippen molar-refractivity contribution in [2.24, 2.45) is 0 Å². The molecule has 0 spiro atoms. The summed E-state index contributed by atoms with van der Waals surface area (Å²) in [7, 11) is 0. The Bertz CT molecular complexity index is 323. The van der Waals surface area contributed by atoms with E-state index >= 15 is 0 Å². The summed E-state index contributed by atoms with van der Waals surface area (Å²) in [5.41, 5.74) is 1.11. The first kappa shape index (κ1) is 17.1. The van der Waals surface area contributed by atoms with E-state index in [2.05, 4.69) is 0 Å². The molecule has 0 aliphatic carbocycles. The number of ether oxygens (including phenoxy) is 3. The Balaban J connectivity index is 2.14. The van der Waals surface area contributed by atoms with Gasteiger partial charge in [0.05, 0.1) is 19.3 Å². The van der Waals surface area contributed by atoms with Crippen molar-refractivity contribution in [3.05, 3.63) is 35.9 Å². The number of aliphatic hydroxyl groups excluding tert-OH is 1. The molecule has 1 atom stereocenters. The zero-order chi connectivity index (χ0) is 14.6. The van der Waals surface area contributed by atoms with E-state index in [0.717, 1.165) is 5.56 Å². The maximum absolute atomic E-state index is 9.88. The second-order valence-electron chi connectivity index (χ2n) is 4.57. The van der Waals surface area contributed by atoms with E-state index in [9.17, 15) is 5.11 Å². The molecule has 0 radical (unpaired) electrons. The summed E-state index contributed by atoms with van der Waals surface area (Å²) in [5, 5.41) is 9.88. The minimum atomic E-state index is -0.484. The van der Waals surface area contributed by atoms with Crippen molar-refractivity contribution in [3.63, 3.8) is 0 Å². The van der Waals surface area contributed by atoms with Crippen LogP contribution in [-0.4, -0.2) is 37.3 Å². The van der Waals surface area contributed by atoms with Gasteiger partial charge in [-0.3, -0.25) is 0 Å². The first-order valence-electron chi connectivity index (χ1n) is 7.29. The van der Waals surface area contributed by atoms with Gasteiger partial charge in [0.25, 0.3) is 0 Å². The summed E-state index contributed by atoms with van der Waals surface area (Å²) in [6.07, 6.45) is 0.577. The van der Waals surface area contributed by atoms with Crippen LogP contribution in [0.25, 0.3) is 0 Å². The van der Waals surface area contributed by atoms with E-state index in [0.29, 0.717) is 39.3 Å². The van der Waals surface area contributed by atoms with Gasteiger partial charge in [-0.1, -0.05) is 30.3 Å². The summed E-state index contributed by atoms with van der Waals surface area (Å²) in [6, 6.07) is 9.94. The van der Waals surface area contributed by atoms with E-state index in [4.69, 9.17) is 14.2 Å². The summed E-state index contributed by atoms with van der Waals surface area (Å²) in [5.74, 6) is 0. The van der Waals surface area contributed by atoms with E-state index in [1.807, 2.05) is 44.2 Å². The van der Waals surface area contributed by atoms with E-state index in [1.165, 1.54) is 0 Å². The molecule has 0 aliphatic heterocycles. The summed E-state index contributed by atoms with van der Waals surface area (Å²) in [4.78, 5) is 0. The third-order valence-corrected chi connectivity index (χ3v) is 2.86. The Hall–Kier alpha value is -0.940. The highest BCUT2D eigenvalue weighted by Crippen LogP contribution is 2.08. The second kappa shape index (κ2) is 10.8. The largest absolute Gasteiger partial charge is 0.391 e.